The topological polar surface area (TPSA) is 30.7 Å². The molecule has 1 heterocycles. The predicted octanol–water partition coefficient (Wildman–Crippen LogP) is 2.94. The second kappa shape index (κ2) is 5.35. The van der Waals surface area contributed by atoms with E-state index < -0.39 is 0 Å². The van der Waals surface area contributed by atoms with E-state index in [0.29, 0.717) is 11.8 Å². The molecule has 0 fully saturated rings. The lowest BCUT2D eigenvalue weighted by atomic mass is 10.1. The van der Waals surface area contributed by atoms with Gasteiger partial charge in [0.15, 0.2) is 0 Å². The summed E-state index contributed by atoms with van der Waals surface area (Å²) in [6.07, 6.45) is 2.18. The van der Waals surface area contributed by atoms with E-state index in [1.54, 1.807) is 0 Å². The molecule has 0 N–H and O–H groups in total. The fourth-order valence-corrected chi connectivity index (χ4v) is 1.66. The Labute approximate surface area is 90.5 Å². The average molecular weight is 216 g/mol. The van der Waals surface area contributed by atoms with Crippen molar-refractivity contribution in [3.8, 4) is 0 Å². The van der Waals surface area contributed by atoms with Crippen LogP contribution >= 0.6 is 11.6 Å². The van der Waals surface area contributed by atoms with Crippen molar-refractivity contribution in [2.45, 2.75) is 52.0 Å². The first-order chi connectivity index (χ1) is 6.74. The lowest BCUT2D eigenvalue weighted by molar-refractivity contribution is 0.570. The van der Waals surface area contributed by atoms with Crippen LogP contribution in [0.2, 0.25) is 0 Å². The van der Waals surface area contributed by atoms with Gasteiger partial charge in [-0.1, -0.05) is 20.8 Å². The quantitative estimate of drug-likeness (QED) is 0.708. The van der Waals surface area contributed by atoms with Gasteiger partial charge in [0.05, 0.1) is 5.88 Å². The lowest BCUT2D eigenvalue weighted by Gasteiger charge is -2.11. The zero-order valence-corrected chi connectivity index (χ0v) is 9.88. The van der Waals surface area contributed by atoms with Gasteiger partial charge in [0.25, 0.3) is 0 Å². The highest BCUT2D eigenvalue weighted by Crippen LogP contribution is 2.18. The molecular weight excluding hydrogens is 198 g/mol. The summed E-state index contributed by atoms with van der Waals surface area (Å²) in [4.78, 5) is 0. The van der Waals surface area contributed by atoms with Crippen molar-refractivity contribution in [3.05, 3.63) is 11.6 Å². The van der Waals surface area contributed by atoms with Crippen LogP contribution in [-0.2, 0) is 12.4 Å². The smallest absolute Gasteiger partial charge is 0.147 e. The Balaban J connectivity index is 2.97. The first-order valence-electron chi connectivity index (χ1n) is 5.22. The summed E-state index contributed by atoms with van der Waals surface area (Å²) in [5, 5.41) is 8.31. The number of hydrogen-bond acceptors (Lipinski definition) is 2. The Kier molecular flexibility index (Phi) is 4.39. The fourth-order valence-electron chi connectivity index (χ4n) is 1.46. The van der Waals surface area contributed by atoms with Crippen molar-refractivity contribution in [1.29, 1.82) is 0 Å². The SMILES string of the molecule is CCCn1c(CCl)nnc1C(C)CC. The third kappa shape index (κ3) is 2.27. The van der Waals surface area contributed by atoms with Gasteiger partial charge < -0.3 is 4.57 Å². The molecule has 0 saturated heterocycles. The van der Waals surface area contributed by atoms with Crippen molar-refractivity contribution in [1.82, 2.24) is 14.8 Å². The number of hydrogen-bond donors (Lipinski definition) is 0. The van der Waals surface area contributed by atoms with Crippen LogP contribution in [0.4, 0.5) is 0 Å². The van der Waals surface area contributed by atoms with E-state index in [-0.39, 0.29) is 0 Å². The summed E-state index contributed by atoms with van der Waals surface area (Å²) >= 11 is 5.81. The van der Waals surface area contributed by atoms with Crippen LogP contribution in [-0.4, -0.2) is 14.8 Å². The molecule has 1 aromatic rings. The summed E-state index contributed by atoms with van der Waals surface area (Å²) in [6, 6.07) is 0. The van der Waals surface area contributed by atoms with Crippen LogP contribution in [0.25, 0.3) is 0 Å². The van der Waals surface area contributed by atoms with Crippen molar-refractivity contribution in [2.75, 3.05) is 0 Å². The van der Waals surface area contributed by atoms with Gasteiger partial charge in [0.2, 0.25) is 0 Å². The molecule has 14 heavy (non-hydrogen) atoms. The Bertz CT molecular complexity index is 283. The van der Waals surface area contributed by atoms with Gasteiger partial charge >= 0.3 is 0 Å². The molecule has 0 bridgehead atoms. The monoisotopic (exact) mass is 215 g/mol. The summed E-state index contributed by atoms with van der Waals surface area (Å²) in [5.41, 5.74) is 0. The van der Waals surface area contributed by atoms with Crippen molar-refractivity contribution in [2.24, 2.45) is 0 Å². The molecule has 0 aliphatic rings. The minimum Gasteiger partial charge on any atom is -0.314 e. The first-order valence-corrected chi connectivity index (χ1v) is 5.75. The molecule has 4 heteroatoms. The normalized spacial score (nSPS) is 13.1. The third-order valence-electron chi connectivity index (χ3n) is 2.48. The minimum absolute atomic E-state index is 0.448. The molecule has 0 aliphatic carbocycles. The number of alkyl halides is 1. The van der Waals surface area contributed by atoms with E-state index >= 15 is 0 Å². The molecule has 0 aromatic carbocycles. The van der Waals surface area contributed by atoms with Crippen LogP contribution in [0.5, 0.6) is 0 Å². The van der Waals surface area contributed by atoms with Gasteiger partial charge in [0.1, 0.15) is 11.6 Å². The fraction of sp³-hybridized carbons (Fsp3) is 0.800. The number of rotatable bonds is 5. The first kappa shape index (κ1) is 11.5. The van der Waals surface area contributed by atoms with Gasteiger partial charge in [-0.15, -0.1) is 21.8 Å². The van der Waals surface area contributed by atoms with Crippen LogP contribution in [0.3, 0.4) is 0 Å². The van der Waals surface area contributed by atoms with E-state index in [4.69, 9.17) is 11.6 Å². The standard InChI is InChI=1S/C10H18ClN3/c1-4-6-14-9(7-11)12-13-10(14)8(3)5-2/h8H,4-7H2,1-3H3. The minimum atomic E-state index is 0.448. The molecule has 3 nitrogen and oxygen atoms in total. The second-order valence-electron chi connectivity index (χ2n) is 3.57. The van der Waals surface area contributed by atoms with Crippen molar-refractivity contribution >= 4 is 11.6 Å². The maximum Gasteiger partial charge on any atom is 0.147 e. The zero-order chi connectivity index (χ0) is 10.6. The molecule has 1 unspecified atom stereocenters. The molecule has 0 spiro atoms. The second-order valence-corrected chi connectivity index (χ2v) is 3.84. The van der Waals surface area contributed by atoms with Crippen LogP contribution < -0.4 is 0 Å². The van der Waals surface area contributed by atoms with Crippen LogP contribution in [0, 0.1) is 0 Å². The largest absolute Gasteiger partial charge is 0.314 e. The summed E-state index contributed by atoms with van der Waals surface area (Å²) in [7, 11) is 0. The van der Waals surface area contributed by atoms with E-state index in [0.717, 1.165) is 31.0 Å². The lowest BCUT2D eigenvalue weighted by Crippen LogP contribution is -2.09. The van der Waals surface area contributed by atoms with E-state index in [9.17, 15) is 0 Å². The molecule has 0 saturated carbocycles. The molecule has 0 aliphatic heterocycles. The molecule has 1 atom stereocenters. The van der Waals surface area contributed by atoms with Gasteiger partial charge in [-0.25, -0.2) is 0 Å². The maximum absolute atomic E-state index is 5.81. The van der Waals surface area contributed by atoms with Crippen LogP contribution in [0.15, 0.2) is 0 Å². The Morgan fingerprint density at radius 2 is 2.07 bits per heavy atom. The summed E-state index contributed by atoms with van der Waals surface area (Å²) < 4.78 is 2.15. The van der Waals surface area contributed by atoms with Crippen molar-refractivity contribution in [3.63, 3.8) is 0 Å². The Hall–Kier alpha value is -0.570. The average Bonchev–Trinajstić information content (AvgIpc) is 2.60. The van der Waals surface area contributed by atoms with Gasteiger partial charge in [-0.3, -0.25) is 0 Å². The molecule has 1 rings (SSSR count). The van der Waals surface area contributed by atoms with E-state index in [2.05, 4.69) is 35.5 Å². The number of halogens is 1. The Morgan fingerprint density at radius 1 is 1.36 bits per heavy atom. The summed E-state index contributed by atoms with van der Waals surface area (Å²) in [5.74, 6) is 2.88. The molecule has 80 valence electrons. The van der Waals surface area contributed by atoms with Crippen LogP contribution in [0.1, 0.15) is 51.2 Å². The number of aromatic nitrogens is 3. The zero-order valence-electron chi connectivity index (χ0n) is 9.13. The number of nitrogens with zero attached hydrogens (tertiary/aromatic N) is 3. The van der Waals surface area contributed by atoms with Crippen molar-refractivity contribution < 1.29 is 0 Å². The van der Waals surface area contributed by atoms with E-state index in [1.807, 2.05) is 0 Å². The maximum atomic E-state index is 5.81. The summed E-state index contributed by atoms with van der Waals surface area (Å²) in [6.45, 7) is 7.46. The van der Waals surface area contributed by atoms with E-state index in [1.165, 1.54) is 0 Å². The van der Waals surface area contributed by atoms with Gasteiger partial charge in [-0.05, 0) is 12.8 Å². The molecule has 1 aromatic heterocycles. The molecule has 0 radical (unpaired) electrons. The highest BCUT2D eigenvalue weighted by molar-refractivity contribution is 6.16. The molecular formula is C10H18ClN3. The van der Waals surface area contributed by atoms with Gasteiger partial charge in [0, 0.05) is 12.5 Å². The molecule has 0 amide bonds. The third-order valence-corrected chi connectivity index (χ3v) is 2.71. The predicted molar refractivity (Wildman–Crippen MR) is 58.6 cm³/mol. The highest BCUT2D eigenvalue weighted by atomic mass is 35.5. The Morgan fingerprint density at radius 3 is 2.57 bits per heavy atom. The highest BCUT2D eigenvalue weighted by Gasteiger charge is 2.14. The van der Waals surface area contributed by atoms with Gasteiger partial charge in [-0.2, -0.15) is 0 Å².